The number of nitrogens with zero attached hydrogens (tertiary/aromatic N) is 2. The van der Waals surface area contributed by atoms with E-state index in [1.165, 1.54) is 24.3 Å². The number of carbonyl (C=O) groups is 1. The maximum Gasteiger partial charge on any atom is 0.435 e. The topological polar surface area (TPSA) is 41.9 Å². The van der Waals surface area contributed by atoms with Gasteiger partial charge in [0.1, 0.15) is 6.42 Å². The molecule has 2 aliphatic rings. The van der Waals surface area contributed by atoms with Crippen LogP contribution in [0.1, 0.15) is 29.5 Å². The van der Waals surface area contributed by atoms with Crippen molar-refractivity contribution in [2.45, 2.75) is 36.5 Å². The molecule has 2 heterocycles. The van der Waals surface area contributed by atoms with Crippen molar-refractivity contribution in [1.82, 2.24) is 4.90 Å². The number of rotatable bonds is 4. The summed E-state index contributed by atoms with van der Waals surface area (Å²) >= 11 is 11.3. The summed E-state index contributed by atoms with van der Waals surface area (Å²) in [6.45, 7) is -1.18. The number of halogens is 10. The molecule has 36 heavy (non-hydrogen) atoms. The summed E-state index contributed by atoms with van der Waals surface area (Å²) in [7, 11) is 0. The molecule has 1 saturated heterocycles. The summed E-state index contributed by atoms with van der Waals surface area (Å²) in [6.07, 6.45) is -12.3. The summed E-state index contributed by atoms with van der Waals surface area (Å²) in [6, 6.07) is 6.51. The fourth-order valence-electron chi connectivity index (χ4n) is 4.01. The van der Waals surface area contributed by atoms with Crippen molar-refractivity contribution in [3.8, 4) is 0 Å². The Morgan fingerprint density at radius 3 is 2.06 bits per heavy atom. The first-order chi connectivity index (χ1) is 16.5. The molecule has 1 amide bonds. The molecule has 2 aromatic rings. The van der Waals surface area contributed by atoms with Crippen LogP contribution >= 0.6 is 23.2 Å². The SMILES string of the molecule is O=C(CC(F)(F)F)N1CC(F)(c2ccc(C3=NOC(c4cc(Cl)c(F)c(Cl)c4)(C(F)(F)F)C3)cc2)C1. The Labute approximate surface area is 208 Å². The van der Waals surface area contributed by atoms with Crippen LogP contribution in [0.3, 0.4) is 0 Å². The van der Waals surface area contributed by atoms with Gasteiger partial charge in [0.05, 0.1) is 28.8 Å². The average Bonchev–Trinajstić information content (AvgIpc) is 3.21. The molecule has 0 aliphatic carbocycles. The third-order valence-corrected chi connectivity index (χ3v) is 6.51. The van der Waals surface area contributed by atoms with Gasteiger partial charge in [0.15, 0.2) is 11.5 Å². The minimum Gasteiger partial charge on any atom is -0.374 e. The van der Waals surface area contributed by atoms with E-state index in [1.807, 2.05) is 0 Å². The molecular weight excluding hydrogens is 547 g/mol. The number of oxime groups is 1. The molecule has 14 heteroatoms. The second kappa shape index (κ2) is 8.76. The van der Waals surface area contributed by atoms with E-state index in [-0.39, 0.29) is 16.8 Å². The van der Waals surface area contributed by atoms with Gasteiger partial charge in [-0.15, -0.1) is 0 Å². The molecule has 4 nitrogen and oxygen atoms in total. The van der Waals surface area contributed by atoms with E-state index in [0.29, 0.717) is 0 Å². The van der Waals surface area contributed by atoms with Crippen molar-refractivity contribution in [2.75, 3.05) is 13.1 Å². The third kappa shape index (κ3) is 4.72. The lowest BCUT2D eigenvalue weighted by Crippen LogP contribution is -2.59. The number of hydrogen-bond donors (Lipinski definition) is 0. The largest absolute Gasteiger partial charge is 0.435 e. The molecule has 0 spiro atoms. The Kier molecular flexibility index (Phi) is 6.44. The smallest absolute Gasteiger partial charge is 0.374 e. The van der Waals surface area contributed by atoms with Gasteiger partial charge in [0, 0.05) is 12.0 Å². The summed E-state index contributed by atoms with van der Waals surface area (Å²) in [5, 5.41) is 2.26. The molecule has 2 aliphatic heterocycles. The first-order valence-corrected chi connectivity index (χ1v) is 10.9. The number of benzene rings is 2. The van der Waals surface area contributed by atoms with Gasteiger partial charge in [-0.3, -0.25) is 4.79 Å². The van der Waals surface area contributed by atoms with Gasteiger partial charge in [-0.1, -0.05) is 52.6 Å². The van der Waals surface area contributed by atoms with Crippen molar-refractivity contribution < 1.29 is 44.8 Å². The lowest BCUT2D eigenvalue weighted by Gasteiger charge is -2.44. The Bertz CT molecular complexity index is 1200. The number of alkyl halides is 7. The van der Waals surface area contributed by atoms with Gasteiger partial charge in [-0.05, 0) is 23.3 Å². The van der Waals surface area contributed by atoms with Gasteiger partial charge in [0.25, 0.3) is 5.60 Å². The monoisotopic (exact) mass is 560 g/mol. The van der Waals surface area contributed by atoms with Crippen molar-refractivity contribution in [2.24, 2.45) is 5.16 Å². The second-order valence-electron chi connectivity index (χ2n) is 8.47. The van der Waals surface area contributed by atoms with E-state index in [9.17, 15) is 35.5 Å². The van der Waals surface area contributed by atoms with Crippen molar-refractivity contribution >= 4 is 34.8 Å². The molecule has 0 radical (unpaired) electrons. The van der Waals surface area contributed by atoms with Crippen LogP contribution in [0.2, 0.25) is 10.0 Å². The van der Waals surface area contributed by atoms with Crippen LogP contribution < -0.4 is 0 Å². The first kappa shape index (κ1) is 26.5. The quantitative estimate of drug-likeness (QED) is 0.309. The van der Waals surface area contributed by atoms with Gasteiger partial charge in [-0.2, -0.15) is 26.3 Å². The molecule has 0 saturated carbocycles. The fraction of sp³-hybridized carbons (Fsp3) is 0.364. The molecule has 2 aromatic carbocycles. The van der Waals surface area contributed by atoms with E-state index >= 15 is 4.39 Å². The third-order valence-electron chi connectivity index (χ3n) is 5.96. The maximum absolute atomic E-state index is 15.1. The molecule has 1 atom stereocenters. The summed E-state index contributed by atoms with van der Waals surface area (Å²) in [5.74, 6) is -2.35. The molecule has 194 valence electrons. The van der Waals surface area contributed by atoms with Gasteiger partial charge >= 0.3 is 12.4 Å². The van der Waals surface area contributed by atoms with E-state index in [1.54, 1.807) is 0 Å². The minimum atomic E-state index is -5.01. The number of amides is 1. The van der Waals surface area contributed by atoms with Crippen molar-refractivity contribution in [1.29, 1.82) is 0 Å². The van der Waals surface area contributed by atoms with Crippen LogP contribution in [-0.2, 0) is 20.9 Å². The van der Waals surface area contributed by atoms with Gasteiger partial charge < -0.3 is 9.74 Å². The highest BCUT2D eigenvalue weighted by Gasteiger charge is 2.62. The Morgan fingerprint density at radius 2 is 1.56 bits per heavy atom. The highest BCUT2D eigenvalue weighted by atomic mass is 35.5. The zero-order valence-corrected chi connectivity index (χ0v) is 19.3. The zero-order valence-electron chi connectivity index (χ0n) is 17.8. The van der Waals surface area contributed by atoms with Crippen LogP contribution in [0.15, 0.2) is 41.6 Å². The van der Waals surface area contributed by atoms with Crippen LogP contribution in [0.25, 0.3) is 0 Å². The zero-order chi connectivity index (χ0) is 26.7. The second-order valence-corrected chi connectivity index (χ2v) is 9.28. The first-order valence-electron chi connectivity index (χ1n) is 10.2. The highest BCUT2D eigenvalue weighted by molar-refractivity contribution is 6.35. The van der Waals surface area contributed by atoms with Crippen molar-refractivity contribution in [3.63, 3.8) is 0 Å². The molecule has 1 fully saturated rings. The molecule has 1 unspecified atom stereocenters. The van der Waals surface area contributed by atoms with E-state index in [4.69, 9.17) is 28.0 Å². The van der Waals surface area contributed by atoms with Crippen molar-refractivity contribution in [3.05, 3.63) is 69.0 Å². The molecular formula is C22H14Cl2F8N2O2. The van der Waals surface area contributed by atoms with Crippen LogP contribution in [0.4, 0.5) is 35.1 Å². The Balaban J connectivity index is 1.52. The minimum absolute atomic E-state index is 0.0287. The lowest BCUT2D eigenvalue weighted by atomic mass is 9.84. The molecule has 4 rings (SSSR count). The van der Waals surface area contributed by atoms with Crippen LogP contribution in [-0.4, -0.2) is 42.0 Å². The summed E-state index contributed by atoms with van der Waals surface area (Å²) < 4.78 is 108. The predicted molar refractivity (Wildman–Crippen MR) is 113 cm³/mol. The highest BCUT2D eigenvalue weighted by Crippen LogP contribution is 2.50. The van der Waals surface area contributed by atoms with E-state index < -0.39 is 76.9 Å². The van der Waals surface area contributed by atoms with Gasteiger partial charge in [-0.25, -0.2) is 8.78 Å². The summed E-state index contributed by atoms with van der Waals surface area (Å²) in [4.78, 5) is 17.1. The normalized spacial score (nSPS) is 21.6. The fourth-order valence-corrected chi connectivity index (χ4v) is 4.50. The number of likely N-dealkylation sites (tertiary alicyclic amines) is 1. The molecule has 0 bridgehead atoms. The summed E-state index contributed by atoms with van der Waals surface area (Å²) in [5.41, 5.74) is -5.65. The Morgan fingerprint density at radius 1 is 1.00 bits per heavy atom. The lowest BCUT2D eigenvalue weighted by molar-refractivity contribution is -0.275. The van der Waals surface area contributed by atoms with E-state index in [0.717, 1.165) is 17.0 Å². The number of carbonyl (C=O) groups excluding carboxylic acids is 1. The molecule has 0 aromatic heterocycles. The van der Waals surface area contributed by atoms with E-state index in [2.05, 4.69) is 5.16 Å². The average molecular weight is 561 g/mol. The van der Waals surface area contributed by atoms with Crippen LogP contribution in [0.5, 0.6) is 0 Å². The van der Waals surface area contributed by atoms with Crippen LogP contribution in [0, 0.1) is 5.82 Å². The Hall–Kier alpha value is -2.60. The number of hydrogen-bond acceptors (Lipinski definition) is 3. The standard InChI is InChI=1S/C22H14Cl2F8N2O2/c23-14-5-13(6-15(24)18(14)25)20(22(30,31)32)7-16(33-36-20)11-1-3-12(4-2-11)19(26)9-34(10-19)17(35)8-21(27,28)29/h1-6H,7-10H2. The predicted octanol–water partition coefficient (Wildman–Crippen LogP) is 6.67. The maximum atomic E-state index is 15.1. The molecule has 0 N–H and O–H groups in total. The van der Waals surface area contributed by atoms with Gasteiger partial charge in [0.2, 0.25) is 5.91 Å².